The number of anilines is 1. The van der Waals surface area contributed by atoms with Gasteiger partial charge in [-0.1, -0.05) is 30.3 Å². The number of ether oxygens (including phenoxy) is 1. The highest BCUT2D eigenvalue weighted by atomic mass is 16.5. The van der Waals surface area contributed by atoms with Crippen molar-refractivity contribution in [1.29, 1.82) is 0 Å². The second-order valence-electron chi connectivity index (χ2n) is 7.18. The van der Waals surface area contributed by atoms with E-state index in [-0.39, 0.29) is 5.91 Å². The van der Waals surface area contributed by atoms with Crippen molar-refractivity contribution in [3.8, 4) is 5.75 Å². The highest BCUT2D eigenvalue weighted by Gasteiger charge is 2.20. The summed E-state index contributed by atoms with van der Waals surface area (Å²) in [5, 5.41) is 3.04. The second-order valence-corrected chi connectivity index (χ2v) is 7.18. The molecule has 1 aliphatic heterocycles. The van der Waals surface area contributed by atoms with Crippen molar-refractivity contribution in [3.05, 3.63) is 89.2 Å². The summed E-state index contributed by atoms with van der Waals surface area (Å²) >= 11 is 0. The Morgan fingerprint density at radius 3 is 2.66 bits per heavy atom. The van der Waals surface area contributed by atoms with Gasteiger partial charge in [-0.05, 0) is 54.3 Å². The minimum Gasteiger partial charge on any atom is -0.494 e. The van der Waals surface area contributed by atoms with Crippen LogP contribution in [0, 0.1) is 0 Å². The van der Waals surface area contributed by atoms with Gasteiger partial charge in [-0.15, -0.1) is 0 Å². The number of fused-ring (bicyclic) bond motifs is 1. The van der Waals surface area contributed by atoms with Crippen LogP contribution < -0.4 is 10.1 Å². The minimum atomic E-state index is -0.130. The van der Waals surface area contributed by atoms with Crippen LogP contribution in [-0.4, -0.2) is 28.9 Å². The van der Waals surface area contributed by atoms with Gasteiger partial charge in [-0.2, -0.15) is 0 Å². The van der Waals surface area contributed by atoms with E-state index in [0.29, 0.717) is 12.2 Å². The summed E-state index contributed by atoms with van der Waals surface area (Å²) in [5.41, 5.74) is 5.08. The Hall–Kier alpha value is -3.18. The summed E-state index contributed by atoms with van der Waals surface area (Å²) in [6, 6.07) is 17.7. The Labute approximate surface area is 171 Å². The number of pyridine rings is 1. The molecule has 29 heavy (non-hydrogen) atoms. The van der Waals surface area contributed by atoms with Crippen molar-refractivity contribution < 1.29 is 9.53 Å². The number of hydrogen-bond acceptors (Lipinski definition) is 4. The summed E-state index contributed by atoms with van der Waals surface area (Å²) < 4.78 is 5.44. The van der Waals surface area contributed by atoms with Gasteiger partial charge in [0.2, 0.25) is 0 Å². The Morgan fingerprint density at radius 2 is 1.90 bits per heavy atom. The van der Waals surface area contributed by atoms with Crippen LogP contribution in [0.3, 0.4) is 0 Å². The smallest absolute Gasteiger partial charge is 0.255 e. The van der Waals surface area contributed by atoms with E-state index in [4.69, 9.17) is 4.74 Å². The predicted octanol–water partition coefficient (Wildman–Crippen LogP) is 4.29. The molecular weight excluding hydrogens is 362 g/mol. The molecule has 0 radical (unpaired) electrons. The standard InChI is InChI=1S/C24H25N3O2/c1-2-29-21-10-8-19(9-11-21)24(28)26-23-15-25-14-20-17-27(13-12-22(20)23)16-18-6-4-3-5-7-18/h3-11,14-15H,2,12-13,16-17H2,1H3,(H,26,28). The molecule has 0 spiro atoms. The third-order valence-corrected chi connectivity index (χ3v) is 5.14. The van der Waals surface area contributed by atoms with Crippen LogP contribution in [0.2, 0.25) is 0 Å². The van der Waals surface area contributed by atoms with E-state index in [0.717, 1.165) is 37.5 Å². The molecule has 3 aromatic rings. The monoisotopic (exact) mass is 387 g/mol. The van der Waals surface area contributed by atoms with E-state index in [1.165, 1.54) is 16.7 Å². The highest BCUT2D eigenvalue weighted by molar-refractivity contribution is 6.04. The van der Waals surface area contributed by atoms with Gasteiger partial charge >= 0.3 is 0 Å². The molecule has 0 saturated heterocycles. The molecule has 2 aromatic carbocycles. The fraction of sp³-hybridized carbons (Fsp3) is 0.250. The number of carbonyl (C=O) groups excluding carboxylic acids is 1. The molecule has 1 amide bonds. The lowest BCUT2D eigenvalue weighted by atomic mass is 9.99. The molecule has 0 atom stereocenters. The molecular formula is C24H25N3O2. The first-order chi connectivity index (χ1) is 14.2. The number of hydrogen-bond donors (Lipinski definition) is 1. The van der Waals surface area contributed by atoms with Crippen LogP contribution in [0.5, 0.6) is 5.75 Å². The molecule has 0 saturated carbocycles. The Bertz CT molecular complexity index is 971. The van der Waals surface area contributed by atoms with Crippen molar-refractivity contribution in [3.63, 3.8) is 0 Å². The van der Waals surface area contributed by atoms with E-state index < -0.39 is 0 Å². The van der Waals surface area contributed by atoms with Crippen LogP contribution >= 0.6 is 0 Å². The van der Waals surface area contributed by atoms with Crippen molar-refractivity contribution in [1.82, 2.24) is 9.88 Å². The third-order valence-electron chi connectivity index (χ3n) is 5.14. The molecule has 0 unspecified atom stereocenters. The topological polar surface area (TPSA) is 54.5 Å². The zero-order valence-electron chi connectivity index (χ0n) is 16.6. The molecule has 5 nitrogen and oxygen atoms in total. The third kappa shape index (κ3) is 4.63. The second kappa shape index (κ2) is 8.88. The lowest BCUT2D eigenvalue weighted by molar-refractivity contribution is 0.102. The van der Waals surface area contributed by atoms with Gasteiger partial charge in [0.05, 0.1) is 18.5 Å². The van der Waals surface area contributed by atoms with Crippen molar-refractivity contribution >= 4 is 11.6 Å². The van der Waals surface area contributed by atoms with Crippen LogP contribution in [0.4, 0.5) is 5.69 Å². The summed E-state index contributed by atoms with van der Waals surface area (Å²) in [6.45, 7) is 5.26. The van der Waals surface area contributed by atoms with E-state index in [1.807, 2.05) is 31.3 Å². The summed E-state index contributed by atoms with van der Waals surface area (Å²) in [4.78, 5) is 19.5. The van der Waals surface area contributed by atoms with E-state index in [2.05, 4.69) is 39.5 Å². The maximum Gasteiger partial charge on any atom is 0.255 e. The molecule has 148 valence electrons. The number of rotatable bonds is 6. The van der Waals surface area contributed by atoms with Gasteiger partial charge in [-0.25, -0.2) is 0 Å². The lowest BCUT2D eigenvalue weighted by Crippen LogP contribution is -2.31. The maximum atomic E-state index is 12.7. The van der Waals surface area contributed by atoms with Gasteiger partial charge in [0.1, 0.15) is 5.75 Å². The van der Waals surface area contributed by atoms with Crippen LogP contribution in [-0.2, 0) is 19.5 Å². The Balaban J connectivity index is 1.45. The molecule has 1 aliphatic rings. The van der Waals surface area contributed by atoms with Gasteiger partial charge in [0.25, 0.3) is 5.91 Å². The Morgan fingerprint density at radius 1 is 1.10 bits per heavy atom. The molecule has 0 fully saturated rings. The molecule has 1 N–H and O–H groups in total. The van der Waals surface area contributed by atoms with Gasteiger partial charge in [-0.3, -0.25) is 14.7 Å². The average Bonchev–Trinajstić information content (AvgIpc) is 2.75. The van der Waals surface area contributed by atoms with E-state index >= 15 is 0 Å². The van der Waals surface area contributed by atoms with Crippen LogP contribution in [0.25, 0.3) is 0 Å². The van der Waals surface area contributed by atoms with Gasteiger partial charge < -0.3 is 10.1 Å². The zero-order valence-corrected chi connectivity index (χ0v) is 16.6. The summed E-state index contributed by atoms with van der Waals surface area (Å²) in [7, 11) is 0. The zero-order chi connectivity index (χ0) is 20.1. The Kier molecular flexibility index (Phi) is 5.86. The summed E-state index contributed by atoms with van der Waals surface area (Å²) in [6.07, 6.45) is 4.56. The molecule has 0 aliphatic carbocycles. The van der Waals surface area contributed by atoms with Crippen LogP contribution in [0.1, 0.15) is 34.0 Å². The maximum absolute atomic E-state index is 12.7. The molecule has 5 heteroatoms. The van der Waals surface area contributed by atoms with E-state index in [1.54, 1.807) is 18.3 Å². The van der Waals surface area contributed by atoms with Gasteiger partial charge in [0, 0.05) is 31.4 Å². The number of aromatic nitrogens is 1. The number of nitrogens with zero attached hydrogens (tertiary/aromatic N) is 2. The number of carbonyl (C=O) groups is 1. The van der Waals surface area contributed by atoms with Crippen LogP contribution in [0.15, 0.2) is 67.0 Å². The fourth-order valence-electron chi connectivity index (χ4n) is 3.70. The van der Waals surface area contributed by atoms with Crippen molar-refractivity contribution in [2.75, 3.05) is 18.5 Å². The largest absolute Gasteiger partial charge is 0.494 e. The first kappa shape index (κ1) is 19.2. The minimum absolute atomic E-state index is 0.130. The predicted molar refractivity (Wildman–Crippen MR) is 114 cm³/mol. The lowest BCUT2D eigenvalue weighted by Gasteiger charge is -2.29. The molecule has 1 aromatic heterocycles. The molecule has 0 bridgehead atoms. The summed E-state index contributed by atoms with van der Waals surface area (Å²) in [5.74, 6) is 0.635. The molecule has 4 rings (SSSR count). The fourth-order valence-corrected chi connectivity index (χ4v) is 3.70. The average molecular weight is 387 g/mol. The van der Waals surface area contributed by atoms with Crippen molar-refractivity contribution in [2.24, 2.45) is 0 Å². The van der Waals surface area contributed by atoms with Crippen molar-refractivity contribution in [2.45, 2.75) is 26.4 Å². The highest BCUT2D eigenvalue weighted by Crippen LogP contribution is 2.26. The van der Waals surface area contributed by atoms with E-state index in [9.17, 15) is 4.79 Å². The number of benzene rings is 2. The first-order valence-corrected chi connectivity index (χ1v) is 9.99. The number of amides is 1. The SMILES string of the molecule is CCOc1ccc(C(=O)Nc2cncc3c2CCN(Cc2ccccc2)C3)cc1. The quantitative estimate of drug-likeness (QED) is 0.686. The number of nitrogens with one attached hydrogen (secondary N) is 1. The van der Waals surface area contributed by atoms with Gasteiger partial charge in [0.15, 0.2) is 0 Å². The normalized spacial score (nSPS) is 13.6. The first-order valence-electron chi connectivity index (χ1n) is 9.99. The molecule has 2 heterocycles.